The molecule has 1 amide bonds. The third kappa shape index (κ3) is 4.39. The number of rotatable bonds is 4. The van der Waals surface area contributed by atoms with Crippen LogP contribution in [0.15, 0.2) is 108 Å². The molecule has 2 aliphatic rings. The van der Waals surface area contributed by atoms with Crippen molar-refractivity contribution in [2.24, 2.45) is 0 Å². The lowest BCUT2D eigenvalue weighted by atomic mass is 9.81. The largest absolute Gasteiger partial charge is 0.416 e. The Hall–Kier alpha value is -3.71. The van der Waals surface area contributed by atoms with E-state index in [0.29, 0.717) is 24.2 Å². The summed E-state index contributed by atoms with van der Waals surface area (Å²) < 4.78 is 33.3. The molecular weight excluding hydrogens is 462 g/mol. The van der Waals surface area contributed by atoms with Crippen molar-refractivity contribution in [2.75, 3.05) is 0 Å². The Balaban J connectivity index is 1.62. The van der Waals surface area contributed by atoms with Gasteiger partial charge in [0.15, 0.2) is 15.6 Å². The average molecular weight is 488 g/mol. The van der Waals surface area contributed by atoms with E-state index in [1.165, 1.54) is 4.90 Å². The summed E-state index contributed by atoms with van der Waals surface area (Å²) in [5.74, 6) is 0.214. The van der Waals surface area contributed by atoms with Gasteiger partial charge in [-0.15, -0.1) is 0 Å². The number of ketones is 1. The van der Waals surface area contributed by atoms with Gasteiger partial charge in [-0.05, 0) is 42.7 Å². The van der Waals surface area contributed by atoms with E-state index in [4.69, 9.17) is 4.74 Å². The lowest BCUT2D eigenvalue weighted by molar-refractivity contribution is -0.119. The summed E-state index contributed by atoms with van der Waals surface area (Å²) in [5, 5.41) is -0.969. The SMILES string of the molecule is O=C1C[C@H](c2ccccc2)N(C(=O)Oc2ccccc2)[C@@H]2C1=CCC[C@H]2S(=O)(=O)c1ccccc1. The molecule has 178 valence electrons. The van der Waals surface area contributed by atoms with Crippen molar-refractivity contribution >= 4 is 21.7 Å². The zero-order valence-corrected chi connectivity index (χ0v) is 19.8. The second-order valence-electron chi connectivity index (χ2n) is 8.72. The molecule has 5 rings (SSSR count). The molecule has 0 aromatic heterocycles. The summed E-state index contributed by atoms with van der Waals surface area (Å²) in [6.07, 6.45) is 1.92. The number of hydrogen-bond acceptors (Lipinski definition) is 5. The van der Waals surface area contributed by atoms with E-state index in [2.05, 4.69) is 0 Å². The van der Waals surface area contributed by atoms with Gasteiger partial charge < -0.3 is 4.74 Å². The molecule has 3 atom stereocenters. The predicted molar refractivity (Wildman–Crippen MR) is 132 cm³/mol. The Kier molecular flexibility index (Phi) is 6.26. The highest BCUT2D eigenvalue weighted by Gasteiger charge is 2.51. The molecule has 0 N–H and O–H groups in total. The maximum atomic E-state index is 13.8. The zero-order chi connectivity index (χ0) is 24.4. The predicted octanol–water partition coefficient (Wildman–Crippen LogP) is 5.13. The van der Waals surface area contributed by atoms with E-state index in [1.807, 2.05) is 36.4 Å². The van der Waals surface area contributed by atoms with Gasteiger partial charge in [0.2, 0.25) is 0 Å². The van der Waals surface area contributed by atoms with Crippen LogP contribution in [0.2, 0.25) is 0 Å². The number of fused-ring (bicyclic) bond motifs is 1. The van der Waals surface area contributed by atoms with Crippen molar-refractivity contribution in [2.45, 2.75) is 41.5 Å². The molecule has 1 aliphatic heterocycles. The molecule has 0 spiro atoms. The number of sulfone groups is 1. The normalized spacial score (nSPS) is 22.2. The second kappa shape index (κ2) is 9.50. The molecule has 0 radical (unpaired) electrons. The minimum atomic E-state index is -3.84. The Morgan fingerprint density at radius 1 is 0.857 bits per heavy atom. The number of benzene rings is 3. The fourth-order valence-corrected chi connectivity index (χ4v) is 6.97. The van der Waals surface area contributed by atoms with E-state index >= 15 is 0 Å². The van der Waals surface area contributed by atoms with Crippen molar-refractivity contribution < 1.29 is 22.7 Å². The third-order valence-electron chi connectivity index (χ3n) is 6.64. The molecule has 0 unspecified atom stereocenters. The van der Waals surface area contributed by atoms with E-state index < -0.39 is 33.3 Å². The van der Waals surface area contributed by atoms with Crippen molar-refractivity contribution in [3.63, 3.8) is 0 Å². The fraction of sp³-hybridized carbons (Fsp3) is 0.214. The lowest BCUT2D eigenvalue weighted by Gasteiger charge is -2.46. The molecule has 1 aliphatic carbocycles. The highest BCUT2D eigenvalue weighted by atomic mass is 32.2. The van der Waals surface area contributed by atoms with Crippen molar-refractivity contribution in [3.8, 4) is 5.75 Å². The van der Waals surface area contributed by atoms with Crippen LogP contribution in [0.25, 0.3) is 0 Å². The van der Waals surface area contributed by atoms with Gasteiger partial charge in [0.25, 0.3) is 0 Å². The topological polar surface area (TPSA) is 80.8 Å². The van der Waals surface area contributed by atoms with Crippen molar-refractivity contribution in [1.82, 2.24) is 4.90 Å². The summed E-state index contributed by atoms with van der Waals surface area (Å²) in [6, 6.07) is 24.5. The summed E-state index contributed by atoms with van der Waals surface area (Å²) >= 11 is 0. The summed E-state index contributed by atoms with van der Waals surface area (Å²) in [6.45, 7) is 0. The smallest absolute Gasteiger partial charge is 0.410 e. The maximum Gasteiger partial charge on any atom is 0.416 e. The average Bonchev–Trinajstić information content (AvgIpc) is 2.90. The van der Waals surface area contributed by atoms with Gasteiger partial charge in [-0.3, -0.25) is 9.69 Å². The van der Waals surface area contributed by atoms with E-state index in [1.54, 1.807) is 60.7 Å². The number of likely N-dealkylation sites (tertiary alicyclic amines) is 1. The fourth-order valence-electron chi connectivity index (χ4n) is 5.02. The first-order valence-corrected chi connectivity index (χ1v) is 13.1. The number of Topliss-reactive ketones (excluding diaryl/α,β-unsaturated/α-hetero) is 1. The Morgan fingerprint density at radius 2 is 1.46 bits per heavy atom. The summed E-state index contributed by atoms with van der Waals surface area (Å²) in [5.41, 5.74) is 1.13. The summed E-state index contributed by atoms with van der Waals surface area (Å²) in [4.78, 5) is 28.6. The van der Waals surface area contributed by atoms with E-state index in [0.717, 1.165) is 5.56 Å². The molecule has 3 aromatic carbocycles. The molecule has 1 saturated heterocycles. The summed E-state index contributed by atoms with van der Waals surface area (Å²) in [7, 11) is -3.84. The molecule has 7 heteroatoms. The molecule has 3 aromatic rings. The van der Waals surface area contributed by atoms with Gasteiger partial charge >= 0.3 is 6.09 Å². The molecule has 1 heterocycles. The van der Waals surface area contributed by atoms with Gasteiger partial charge in [0.1, 0.15) is 5.75 Å². The Bertz CT molecular complexity index is 1350. The Morgan fingerprint density at radius 3 is 2.11 bits per heavy atom. The highest BCUT2D eigenvalue weighted by molar-refractivity contribution is 7.92. The minimum Gasteiger partial charge on any atom is -0.410 e. The number of hydrogen-bond donors (Lipinski definition) is 0. The maximum absolute atomic E-state index is 13.8. The van der Waals surface area contributed by atoms with Crippen LogP contribution in [0.5, 0.6) is 5.75 Å². The highest BCUT2D eigenvalue weighted by Crippen LogP contribution is 2.43. The standard InChI is InChI=1S/C28H25NO5S/c30-25-19-24(20-11-4-1-5-12-20)29(28(31)34-21-13-6-2-7-14-21)27-23(25)17-10-18-26(27)35(32,33)22-15-8-3-9-16-22/h1-9,11-17,24,26-27H,10,18-19H2/t24-,26-,27-/m1/s1. The van der Waals surface area contributed by atoms with Gasteiger partial charge in [-0.25, -0.2) is 13.2 Å². The third-order valence-corrected chi connectivity index (χ3v) is 8.86. The zero-order valence-electron chi connectivity index (χ0n) is 19.0. The number of amides is 1. The van der Waals surface area contributed by atoms with Gasteiger partial charge in [-0.2, -0.15) is 0 Å². The van der Waals surface area contributed by atoms with Crippen LogP contribution in [-0.4, -0.2) is 36.5 Å². The first-order chi connectivity index (χ1) is 17.0. The van der Waals surface area contributed by atoms with Crippen molar-refractivity contribution in [1.29, 1.82) is 0 Å². The van der Waals surface area contributed by atoms with Crippen LogP contribution < -0.4 is 4.74 Å². The monoisotopic (exact) mass is 487 g/mol. The van der Waals surface area contributed by atoms with E-state index in [9.17, 15) is 18.0 Å². The number of piperidine rings is 1. The second-order valence-corrected chi connectivity index (χ2v) is 10.9. The lowest BCUT2D eigenvalue weighted by Crippen LogP contribution is -2.58. The number of carbonyl (C=O) groups is 2. The first-order valence-electron chi connectivity index (χ1n) is 11.6. The quantitative estimate of drug-likeness (QED) is 0.510. The van der Waals surface area contributed by atoms with Crippen LogP contribution in [0, 0.1) is 0 Å². The number of nitrogens with zero attached hydrogens (tertiary/aromatic N) is 1. The molecule has 1 fully saturated rings. The van der Waals surface area contributed by atoms with Gasteiger partial charge in [0, 0.05) is 12.0 Å². The number of para-hydroxylation sites is 1. The van der Waals surface area contributed by atoms with E-state index in [-0.39, 0.29) is 17.1 Å². The van der Waals surface area contributed by atoms with Gasteiger partial charge in [0.05, 0.1) is 22.2 Å². The van der Waals surface area contributed by atoms with Crippen LogP contribution in [-0.2, 0) is 14.6 Å². The molecule has 6 nitrogen and oxygen atoms in total. The van der Waals surface area contributed by atoms with Crippen LogP contribution in [0.4, 0.5) is 4.79 Å². The molecule has 0 bridgehead atoms. The van der Waals surface area contributed by atoms with Crippen LogP contribution in [0.3, 0.4) is 0 Å². The first kappa shape index (κ1) is 23.1. The number of ether oxygens (including phenoxy) is 1. The van der Waals surface area contributed by atoms with Crippen LogP contribution >= 0.6 is 0 Å². The van der Waals surface area contributed by atoms with Crippen molar-refractivity contribution in [3.05, 3.63) is 108 Å². The molecule has 35 heavy (non-hydrogen) atoms. The van der Waals surface area contributed by atoms with Crippen LogP contribution in [0.1, 0.15) is 30.9 Å². The number of allylic oxidation sites excluding steroid dienone is 1. The van der Waals surface area contributed by atoms with Gasteiger partial charge in [-0.1, -0.05) is 72.8 Å². The molecular formula is C28H25NO5S. The molecule has 0 saturated carbocycles. The number of carbonyl (C=O) groups excluding carboxylic acids is 2. The minimum absolute atomic E-state index is 0.0638. The Labute approximate surface area is 204 Å².